The van der Waals surface area contributed by atoms with Crippen molar-refractivity contribution in [2.24, 2.45) is 35.3 Å². The summed E-state index contributed by atoms with van der Waals surface area (Å²) in [6.07, 6.45) is -12.4. The van der Waals surface area contributed by atoms with E-state index in [1.807, 2.05) is 19.9 Å². The predicted octanol–water partition coefficient (Wildman–Crippen LogP) is 1.02. The fourth-order valence-corrected chi connectivity index (χ4v) is 12.2. The topological polar surface area (TPSA) is 405 Å². The van der Waals surface area contributed by atoms with E-state index in [4.69, 9.17) is 29.4 Å². The third-order valence-electron chi connectivity index (χ3n) is 17.7. The number of ether oxygens (including phenoxy) is 5. The van der Waals surface area contributed by atoms with Gasteiger partial charge in [0.2, 0.25) is 53.5 Å². The monoisotopic (exact) mass is 1310 g/mol. The van der Waals surface area contributed by atoms with Gasteiger partial charge in [0.05, 0.1) is 54.5 Å². The normalized spacial score (nSPS) is 23.1. The Bertz CT molecular complexity index is 2920. The van der Waals surface area contributed by atoms with Gasteiger partial charge < -0.3 is 86.0 Å². The lowest BCUT2D eigenvalue weighted by molar-refractivity contribution is -0.271. The second kappa shape index (κ2) is 34.7. The molecule has 7 unspecified atom stereocenters. The number of imide groups is 1. The maximum absolute atomic E-state index is 14.9. The van der Waals surface area contributed by atoms with Crippen LogP contribution in [0.5, 0.6) is 5.75 Å². The van der Waals surface area contributed by atoms with Crippen LogP contribution in [0.15, 0.2) is 48.5 Å². The molecule has 17 atom stereocenters. The number of nitrogens with one attached hydrogen (secondary N) is 4. The smallest absolute Gasteiger partial charge is 0.410 e. The van der Waals surface area contributed by atoms with Gasteiger partial charge in [0.1, 0.15) is 48.8 Å². The molecular formula is C64H97N9O20. The van der Waals surface area contributed by atoms with Gasteiger partial charge in [-0.25, -0.2) is 9.59 Å². The first-order valence-electron chi connectivity index (χ1n) is 31.6. The summed E-state index contributed by atoms with van der Waals surface area (Å²) < 4.78 is 28.8. The van der Waals surface area contributed by atoms with Crippen molar-refractivity contribution in [3.8, 4) is 5.75 Å². The number of aliphatic hydroxyl groups is 4. The average Bonchev–Trinajstić information content (AvgIpc) is 1.90. The van der Waals surface area contributed by atoms with E-state index in [9.17, 15) is 73.5 Å². The molecule has 0 aliphatic carbocycles. The minimum Gasteiger partial charge on any atom is -0.479 e. The van der Waals surface area contributed by atoms with Crippen LogP contribution in [0.4, 0.5) is 10.5 Å². The number of hydrogen-bond donors (Lipinski definition) is 10. The van der Waals surface area contributed by atoms with Crippen molar-refractivity contribution < 1.29 is 97.2 Å². The number of hydrogen-bond acceptors (Lipinski definition) is 20. The summed E-state index contributed by atoms with van der Waals surface area (Å²) in [5.74, 6) is -9.10. The quantitative estimate of drug-likeness (QED) is 0.0457. The first-order valence-corrected chi connectivity index (χ1v) is 31.6. The summed E-state index contributed by atoms with van der Waals surface area (Å²) in [6.45, 7) is 14.9. The van der Waals surface area contributed by atoms with Gasteiger partial charge in [-0.1, -0.05) is 98.2 Å². The molecule has 518 valence electrons. The molecule has 11 N–H and O–H groups in total. The van der Waals surface area contributed by atoms with Crippen LogP contribution >= 0.6 is 0 Å². The predicted molar refractivity (Wildman–Crippen MR) is 335 cm³/mol. The van der Waals surface area contributed by atoms with Gasteiger partial charge in [0.25, 0.3) is 0 Å². The number of carboxylic acid groups (broad SMARTS) is 1. The Morgan fingerprint density at radius 1 is 0.839 bits per heavy atom. The lowest BCUT2D eigenvalue weighted by Gasteiger charge is -2.41. The van der Waals surface area contributed by atoms with E-state index < -0.39 is 169 Å². The van der Waals surface area contributed by atoms with Crippen LogP contribution in [-0.2, 0) is 68.7 Å². The molecule has 3 fully saturated rings. The van der Waals surface area contributed by atoms with Crippen molar-refractivity contribution >= 4 is 65.0 Å². The van der Waals surface area contributed by atoms with E-state index in [1.54, 1.807) is 84.7 Å². The summed E-state index contributed by atoms with van der Waals surface area (Å²) in [4.78, 5) is 140. The highest BCUT2D eigenvalue weighted by Crippen LogP contribution is 2.34. The molecule has 3 heterocycles. The Balaban J connectivity index is 1.28. The van der Waals surface area contributed by atoms with Gasteiger partial charge in [0, 0.05) is 66.7 Å². The van der Waals surface area contributed by atoms with Crippen LogP contribution < -0.4 is 31.7 Å². The summed E-state index contributed by atoms with van der Waals surface area (Å²) in [5, 5.41) is 63.0. The Kier molecular flexibility index (Phi) is 28.5. The molecule has 3 aliphatic heterocycles. The Morgan fingerprint density at radius 2 is 1.51 bits per heavy atom. The molecule has 3 aliphatic rings. The largest absolute Gasteiger partial charge is 0.479 e. The van der Waals surface area contributed by atoms with Crippen molar-refractivity contribution in [3.05, 3.63) is 59.7 Å². The summed E-state index contributed by atoms with van der Waals surface area (Å²) in [6, 6.07) is 7.40. The first-order chi connectivity index (χ1) is 43.8. The molecule has 0 radical (unpaired) electrons. The third-order valence-corrected chi connectivity index (χ3v) is 17.7. The van der Waals surface area contributed by atoms with Gasteiger partial charge in [-0.3, -0.25) is 48.2 Å². The van der Waals surface area contributed by atoms with Crippen LogP contribution in [0.2, 0.25) is 0 Å². The number of nitrogens with two attached hydrogens (primary N) is 1. The van der Waals surface area contributed by atoms with Crippen molar-refractivity contribution in [1.29, 1.82) is 0 Å². The van der Waals surface area contributed by atoms with E-state index in [2.05, 4.69) is 21.3 Å². The van der Waals surface area contributed by atoms with E-state index in [0.29, 0.717) is 31.4 Å². The highest BCUT2D eigenvalue weighted by atomic mass is 16.7. The molecule has 5 rings (SSSR count). The molecule has 0 spiro atoms. The molecule has 9 amide bonds. The van der Waals surface area contributed by atoms with Gasteiger partial charge in [0.15, 0.2) is 6.10 Å². The van der Waals surface area contributed by atoms with Crippen molar-refractivity contribution in [1.82, 2.24) is 35.6 Å². The van der Waals surface area contributed by atoms with Crippen LogP contribution in [0.3, 0.4) is 0 Å². The lowest BCUT2D eigenvalue weighted by atomic mass is 9.89. The van der Waals surface area contributed by atoms with Crippen LogP contribution in [0, 0.1) is 29.6 Å². The Labute approximate surface area is 542 Å². The SMILES string of the molecule is CC[C@@H](C)C(C(CC(=O)N1CCC[C@H]1[C@H](OC)[C@@H](C)C(=O)N[C@H](C)[C@@H](O)c1ccccc1)OC)N(C)C(=O)[C@@H](NC(=O)C(C(C)C)N(C)C(=O)OCc1ccc(OC2OC(C(=O)O)C(O)[C@H](O)[C@@H]2O)c(NC(=O)CCNC(=O)[C@H](CN)N2C(=O)CC(C)C2=O)c1)C(C)C. The molecule has 29 nitrogen and oxygen atoms in total. The molecule has 93 heavy (non-hydrogen) atoms. The summed E-state index contributed by atoms with van der Waals surface area (Å²) in [5.41, 5.74) is 6.45. The maximum Gasteiger partial charge on any atom is 0.410 e. The lowest BCUT2D eigenvalue weighted by Crippen LogP contribution is -2.61. The number of carboxylic acids is 1. The second-order valence-electron chi connectivity index (χ2n) is 25.1. The van der Waals surface area contributed by atoms with Crippen LogP contribution in [0.1, 0.15) is 118 Å². The van der Waals surface area contributed by atoms with Gasteiger partial charge >= 0.3 is 12.1 Å². The van der Waals surface area contributed by atoms with Crippen LogP contribution in [0.25, 0.3) is 0 Å². The number of aliphatic carboxylic acids is 1. The van der Waals surface area contributed by atoms with Crippen molar-refractivity contribution in [2.75, 3.05) is 53.3 Å². The first kappa shape index (κ1) is 76.3. The van der Waals surface area contributed by atoms with Gasteiger partial charge in [-0.2, -0.15) is 0 Å². The molecule has 3 saturated heterocycles. The molecule has 0 aromatic heterocycles. The fourth-order valence-electron chi connectivity index (χ4n) is 12.2. The number of nitrogens with zero attached hydrogens (tertiary/aromatic N) is 4. The zero-order valence-electron chi connectivity index (χ0n) is 55.4. The minimum atomic E-state index is -2.05. The van der Waals surface area contributed by atoms with E-state index >= 15 is 0 Å². The number of aliphatic hydroxyl groups excluding tert-OH is 4. The van der Waals surface area contributed by atoms with Crippen molar-refractivity contribution in [2.45, 2.75) is 193 Å². The zero-order chi connectivity index (χ0) is 69.5. The number of likely N-dealkylation sites (tertiary alicyclic amines) is 2. The number of amides is 9. The number of carbonyl (C=O) groups is 10. The van der Waals surface area contributed by atoms with Crippen LogP contribution in [-0.4, -0.2) is 232 Å². The number of carbonyl (C=O) groups excluding carboxylic acids is 9. The number of benzene rings is 2. The number of likely N-dealkylation sites (N-methyl/N-ethyl adjacent to an activating group) is 2. The molecule has 29 heteroatoms. The standard InChI is InChI=1S/C64H97N9O20/c1-14-34(6)50(44(89-12)29-46(75)72-26-18-21-41(72)55(90-13)36(8)57(81)67-37(9)51(77)39-19-16-15-17-20-39)70(10)61(85)48(32(2)3)69-59(83)49(33(4)5)71(11)64(88)91-31-38-22-23-43(92-63-54(80)52(78)53(79)56(93-63)62(86)87)40(28-38)68-45(74)24-25-66-58(82)42(30-65)73-47(76)27-35(7)60(73)84/h15-17,19-20,22-23,28,32-37,41-42,44,48-56,63,77-80H,14,18,21,24-27,29-31,65H2,1-13H3,(H,66,82)(H,67,81)(H,68,74)(H,69,83)(H,86,87)/t34-,35?,36-,37-,41+,42+,44?,48+,49?,50?,51-,52+,53?,54+,55-,56?,63?/m1/s1. The molecule has 2 aromatic rings. The third kappa shape index (κ3) is 18.9. The Hall–Kier alpha value is -7.38. The average molecular weight is 1310 g/mol. The van der Waals surface area contributed by atoms with Gasteiger partial charge in [-0.05, 0) is 60.8 Å². The molecular weight excluding hydrogens is 1210 g/mol. The highest BCUT2D eigenvalue weighted by molar-refractivity contribution is 6.07. The second-order valence-corrected chi connectivity index (χ2v) is 25.1. The number of anilines is 1. The summed E-state index contributed by atoms with van der Waals surface area (Å²) >= 11 is 0. The number of methoxy groups -OCH3 is 2. The fraction of sp³-hybridized carbons (Fsp3) is 0.656. The van der Waals surface area contributed by atoms with Crippen molar-refractivity contribution in [3.63, 3.8) is 0 Å². The molecule has 0 saturated carbocycles. The van der Waals surface area contributed by atoms with E-state index in [0.717, 1.165) is 9.80 Å². The molecule has 0 bridgehead atoms. The zero-order valence-corrected chi connectivity index (χ0v) is 55.4. The minimum absolute atomic E-state index is 0.0961. The van der Waals surface area contributed by atoms with Gasteiger partial charge in [-0.15, -0.1) is 0 Å². The Morgan fingerprint density at radius 3 is 2.08 bits per heavy atom. The molecule has 2 aromatic carbocycles. The number of rotatable bonds is 32. The van der Waals surface area contributed by atoms with E-state index in [-0.39, 0.29) is 60.7 Å². The highest BCUT2D eigenvalue weighted by Gasteiger charge is 2.49. The summed E-state index contributed by atoms with van der Waals surface area (Å²) in [7, 11) is 5.88. The maximum atomic E-state index is 14.9. The van der Waals surface area contributed by atoms with E-state index in [1.165, 1.54) is 44.4 Å².